The Hall–Kier alpha value is -0.610. The van der Waals surface area contributed by atoms with E-state index in [0.29, 0.717) is 12.8 Å². The second kappa shape index (κ2) is 3.87. The minimum Gasteiger partial charge on any atom is -0.377 e. The molecule has 1 heterocycles. The van der Waals surface area contributed by atoms with E-state index in [4.69, 9.17) is 5.73 Å². The summed E-state index contributed by atoms with van der Waals surface area (Å²) in [5.41, 5.74) is 5.35. The Morgan fingerprint density at radius 3 is 2.75 bits per heavy atom. The van der Waals surface area contributed by atoms with Gasteiger partial charge in [-0.3, -0.25) is 4.79 Å². The average molecular weight is 172 g/mol. The molecule has 1 fully saturated rings. The summed E-state index contributed by atoms with van der Waals surface area (Å²) in [7, 11) is 0. The van der Waals surface area contributed by atoms with Crippen LogP contribution in [0.3, 0.4) is 0 Å². The van der Waals surface area contributed by atoms with E-state index < -0.39 is 6.23 Å². The van der Waals surface area contributed by atoms with Crippen LogP contribution in [0.25, 0.3) is 0 Å². The van der Waals surface area contributed by atoms with Gasteiger partial charge in [0.1, 0.15) is 6.23 Å². The summed E-state index contributed by atoms with van der Waals surface area (Å²) in [5.74, 6) is 0.117. The molecular weight excluding hydrogens is 156 g/mol. The van der Waals surface area contributed by atoms with E-state index in [1.807, 2.05) is 6.92 Å². The molecule has 2 atom stereocenters. The van der Waals surface area contributed by atoms with Crippen LogP contribution in [-0.2, 0) is 4.79 Å². The first-order valence-corrected chi connectivity index (χ1v) is 4.40. The first-order chi connectivity index (χ1) is 5.66. The smallest absolute Gasteiger partial charge is 0.223 e. The lowest BCUT2D eigenvalue weighted by atomic mass is 10.2. The molecule has 4 heteroatoms. The summed E-state index contributed by atoms with van der Waals surface area (Å²) < 4.78 is 0. The molecule has 0 radical (unpaired) electrons. The van der Waals surface area contributed by atoms with Crippen LogP contribution in [0.5, 0.6) is 0 Å². The summed E-state index contributed by atoms with van der Waals surface area (Å²) in [6.07, 6.45) is 1.30. The molecule has 1 unspecified atom stereocenters. The lowest BCUT2D eigenvalue weighted by Gasteiger charge is -2.28. The Kier molecular flexibility index (Phi) is 3.05. The molecule has 0 spiro atoms. The highest BCUT2D eigenvalue weighted by molar-refractivity contribution is 5.78. The third kappa shape index (κ3) is 1.76. The Balaban J connectivity index is 2.58. The SMILES string of the molecule is CC[C@@H](C(N)O)N1CCCC1=O. The van der Waals surface area contributed by atoms with Gasteiger partial charge in [0, 0.05) is 13.0 Å². The van der Waals surface area contributed by atoms with Crippen molar-refractivity contribution in [1.29, 1.82) is 0 Å². The van der Waals surface area contributed by atoms with Crippen LogP contribution in [-0.4, -0.2) is 34.7 Å². The van der Waals surface area contributed by atoms with Gasteiger partial charge >= 0.3 is 0 Å². The number of carbonyl (C=O) groups excluding carboxylic acids is 1. The highest BCUT2D eigenvalue weighted by atomic mass is 16.3. The Morgan fingerprint density at radius 1 is 1.75 bits per heavy atom. The average Bonchev–Trinajstić information content (AvgIpc) is 2.38. The standard InChI is InChI=1S/C8H16N2O2/c1-2-6(8(9)12)10-5-3-4-7(10)11/h6,8,12H,2-5,9H2,1H3/t6-,8?/m0/s1. The van der Waals surface area contributed by atoms with Gasteiger partial charge in [0.05, 0.1) is 6.04 Å². The van der Waals surface area contributed by atoms with Crippen molar-refractivity contribution in [3.8, 4) is 0 Å². The van der Waals surface area contributed by atoms with Crippen molar-refractivity contribution in [3.63, 3.8) is 0 Å². The molecule has 0 aromatic rings. The molecule has 70 valence electrons. The third-order valence-electron chi connectivity index (χ3n) is 2.32. The first kappa shape index (κ1) is 9.48. The van der Waals surface area contributed by atoms with Crippen LogP contribution >= 0.6 is 0 Å². The van der Waals surface area contributed by atoms with Crippen LogP contribution in [0.1, 0.15) is 26.2 Å². The zero-order valence-corrected chi connectivity index (χ0v) is 7.36. The normalized spacial score (nSPS) is 22.9. The second-order valence-corrected chi connectivity index (χ2v) is 3.16. The number of aliphatic hydroxyl groups is 1. The van der Waals surface area contributed by atoms with Crippen molar-refractivity contribution < 1.29 is 9.90 Å². The number of hydrogen-bond acceptors (Lipinski definition) is 3. The lowest BCUT2D eigenvalue weighted by molar-refractivity contribution is -0.132. The topological polar surface area (TPSA) is 66.6 Å². The highest BCUT2D eigenvalue weighted by Crippen LogP contribution is 2.16. The van der Waals surface area contributed by atoms with Crippen molar-refractivity contribution in [2.75, 3.05) is 6.54 Å². The van der Waals surface area contributed by atoms with Crippen LogP contribution in [0.4, 0.5) is 0 Å². The van der Waals surface area contributed by atoms with Gasteiger partial charge in [0.25, 0.3) is 0 Å². The Labute approximate surface area is 72.3 Å². The fraction of sp³-hybridized carbons (Fsp3) is 0.875. The minimum atomic E-state index is -0.906. The monoisotopic (exact) mass is 172 g/mol. The molecule has 0 aliphatic carbocycles. The molecule has 0 bridgehead atoms. The van der Waals surface area contributed by atoms with Crippen LogP contribution < -0.4 is 5.73 Å². The van der Waals surface area contributed by atoms with Gasteiger partial charge in [-0.15, -0.1) is 0 Å². The number of nitrogens with two attached hydrogens (primary N) is 1. The molecule has 0 aromatic heterocycles. The summed E-state index contributed by atoms with van der Waals surface area (Å²) in [6.45, 7) is 2.66. The van der Waals surface area contributed by atoms with Crippen LogP contribution in [0.2, 0.25) is 0 Å². The Morgan fingerprint density at radius 2 is 2.42 bits per heavy atom. The molecule has 1 rings (SSSR count). The maximum atomic E-state index is 11.2. The summed E-state index contributed by atoms with van der Waals surface area (Å²) in [5, 5.41) is 9.17. The van der Waals surface area contributed by atoms with E-state index in [1.165, 1.54) is 0 Å². The summed E-state index contributed by atoms with van der Waals surface area (Å²) in [4.78, 5) is 12.9. The maximum absolute atomic E-state index is 11.2. The number of amides is 1. The minimum absolute atomic E-state index is 0.117. The van der Waals surface area contributed by atoms with Gasteiger partial charge in [-0.05, 0) is 12.8 Å². The molecule has 4 nitrogen and oxygen atoms in total. The number of rotatable bonds is 3. The van der Waals surface area contributed by atoms with E-state index >= 15 is 0 Å². The van der Waals surface area contributed by atoms with Crippen molar-refractivity contribution >= 4 is 5.91 Å². The van der Waals surface area contributed by atoms with Crippen LogP contribution in [0.15, 0.2) is 0 Å². The van der Waals surface area contributed by atoms with Crippen molar-refractivity contribution in [2.24, 2.45) is 5.73 Å². The largest absolute Gasteiger partial charge is 0.377 e. The zero-order chi connectivity index (χ0) is 9.14. The molecule has 1 aliphatic rings. The van der Waals surface area contributed by atoms with Crippen molar-refractivity contribution in [3.05, 3.63) is 0 Å². The molecular formula is C8H16N2O2. The summed E-state index contributed by atoms with van der Waals surface area (Å²) in [6, 6.07) is -0.194. The highest BCUT2D eigenvalue weighted by Gasteiger charge is 2.29. The molecule has 0 aromatic carbocycles. The predicted octanol–water partition coefficient (Wildman–Crippen LogP) is -0.335. The fourth-order valence-electron chi connectivity index (χ4n) is 1.67. The van der Waals surface area contributed by atoms with E-state index in [0.717, 1.165) is 13.0 Å². The molecule has 1 amide bonds. The van der Waals surface area contributed by atoms with Gasteiger partial charge in [-0.25, -0.2) is 0 Å². The van der Waals surface area contributed by atoms with Gasteiger partial charge in [0.2, 0.25) is 5.91 Å². The van der Waals surface area contributed by atoms with Gasteiger partial charge < -0.3 is 15.7 Å². The van der Waals surface area contributed by atoms with Gasteiger partial charge in [-0.1, -0.05) is 6.92 Å². The third-order valence-corrected chi connectivity index (χ3v) is 2.32. The first-order valence-electron chi connectivity index (χ1n) is 4.40. The number of likely N-dealkylation sites (tertiary alicyclic amines) is 1. The van der Waals surface area contributed by atoms with Crippen molar-refractivity contribution in [1.82, 2.24) is 4.90 Å². The van der Waals surface area contributed by atoms with E-state index in [-0.39, 0.29) is 11.9 Å². The lowest BCUT2D eigenvalue weighted by Crippen LogP contribution is -2.47. The molecule has 1 saturated heterocycles. The second-order valence-electron chi connectivity index (χ2n) is 3.16. The molecule has 0 saturated carbocycles. The Bertz CT molecular complexity index is 170. The molecule has 12 heavy (non-hydrogen) atoms. The number of nitrogens with zero attached hydrogens (tertiary/aromatic N) is 1. The van der Waals surface area contributed by atoms with Crippen LogP contribution in [0, 0.1) is 0 Å². The predicted molar refractivity (Wildman–Crippen MR) is 45.2 cm³/mol. The summed E-state index contributed by atoms with van der Waals surface area (Å²) >= 11 is 0. The number of hydrogen-bond donors (Lipinski definition) is 2. The number of aliphatic hydroxyl groups excluding tert-OH is 1. The molecule has 1 aliphatic heterocycles. The quantitative estimate of drug-likeness (QED) is 0.572. The number of carbonyl (C=O) groups is 1. The van der Waals surface area contributed by atoms with E-state index in [1.54, 1.807) is 4.90 Å². The maximum Gasteiger partial charge on any atom is 0.223 e. The van der Waals surface area contributed by atoms with Crippen molar-refractivity contribution in [2.45, 2.75) is 38.5 Å². The molecule has 3 N–H and O–H groups in total. The zero-order valence-electron chi connectivity index (χ0n) is 7.36. The van der Waals surface area contributed by atoms with Gasteiger partial charge in [0.15, 0.2) is 0 Å². The fourth-order valence-corrected chi connectivity index (χ4v) is 1.67. The van der Waals surface area contributed by atoms with Gasteiger partial charge in [-0.2, -0.15) is 0 Å². The van der Waals surface area contributed by atoms with E-state index in [9.17, 15) is 9.90 Å². The van der Waals surface area contributed by atoms with E-state index in [2.05, 4.69) is 0 Å².